The molecule has 4 heteroatoms. The van der Waals surface area contributed by atoms with Gasteiger partial charge in [-0.05, 0) is 55.7 Å². The average Bonchev–Trinajstić information content (AvgIpc) is 3.09. The molecule has 3 atom stereocenters. The molecule has 2 bridgehead atoms. The zero-order valence-electron chi connectivity index (χ0n) is 12.7. The first-order valence-corrected chi connectivity index (χ1v) is 7.91. The quantitative estimate of drug-likeness (QED) is 0.379. The van der Waals surface area contributed by atoms with E-state index in [0.717, 1.165) is 29.9 Å². The van der Waals surface area contributed by atoms with Gasteiger partial charge in [0.1, 0.15) is 0 Å². The number of hydrogen-bond donors (Lipinski definition) is 2. The van der Waals surface area contributed by atoms with E-state index in [4.69, 9.17) is 10.9 Å². The molecule has 3 rings (SSSR count). The summed E-state index contributed by atoms with van der Waals surface area (Å²) in [7, 11) is 2.20. The van der Waals surface area contributed by atoms with Crippen LogP contribution in [0, 0.1) is 17.8 Å². The van der Waals surface area contributed by atoms with E-state index in [1.54, 1.807) is 0 Å². The van der Waals surface area contributed by atoms with Gasteiger partial charge < -0.3 is 15.8 Å². The maximum absolute atomic E-state index is 8.76. The molecule has 0 heterocycles. The summed E-state index contributed by atoms with van der Waals surface area (Å²) in [5, 5.41) is 11.8. The highest BCUT2D eigenvalue weighted by atomic mass is 16.4. The topological polar surface area (TPSA) is 61.8 Å². The number of oxime groups is 1. The van der Waals surface area contributed by atoms with Gasteiger partial charge in [-0.2, -0.15) is 0 Å². The Morgan fingerprint density at radius 2 is 2.24 bits per heavy atom. The summed E-state index contributed by atoms with van der Waals surface area (Å²) < 4.78 is 0. The highest BCUT2D eigenvalue weighted by molar-refractivity contribution is 5.97. The highest BCUT2D eigenvalue weighted by Crippen LogP contribution is 2.48. The lowest BCUT2D eigenvalue weighted by atomic mass is 9.88. The number of hydrogen-bond acceptors (Lipinski definition) is 3. The van der Waals surface area contributed by atoms with Crippen molar-refractivity contribution in [2.24, 2.45) is 28.6 Å². The molecule has 0 aromatic heterocycles. The first kappa shape index (κ1) is 14.4. The normalized spacial score (nSPS) is 28.5. The predicted octanol–water partition coefficient (Wildman–Crippen LogP) is 2.65. The minimum atomic E-state index is 0.174. The molecule has 114 valence electrons. The van der Waals surface area contributed by atoms with Gasteiger partial charge in [0, 0.05) is 18.7 Å². The van der Waals surface area contributed by atoms with Gasteiger partial charge in [0.15, 0.2) is 5.84 Å². The second-order valence-corrected chi connectivity index (χ2v) is 6.82. The van der Waals surface area contributed by atoms with Crippen molar-refractivity contribution in [3.05, 3.63) is 35.4 Å². The Hall–Kier alpha value is -1.55. The van der Waals surface area contributed by atoms with E-state index < -0.39 is 0 Å². The van der Waals surface area contributed by atoms with E-state index in [2.05, 4.69) is 23.2 Å². The Bertz CT molecular complexity index is 529. The standard InChI is InChI=1S/C17H25N3O/c1-20(11-16-8-12-5-6-14(16)7-12)10-13-3-2-4-15(9-13)17(18)19-21/h2-4,9,12,14,16,21H,5-8,10-11H2,1H3,(H2,18,19). The molecule has 2 saturated carbocycles. The number of amidine groups is 1. The van der Waals surface area contributed by atoms with Crippen LogP contribution < -0.4 is 5.73 Å². The van der Waals surface area contributed by atoms with Crippen molar-refractivity contribution in [3.8, 4) is 0 Å². The molecule has 0 saturated heterocycles. The van der Waals surface area contributed by atoms with Crippen LogP contribution in [-0.2, 0) is 6.54 Å². The molecule has 2 fully saturated rings. The minimum Gasteiger partial charge on any atom is -0.409 e. The van der Waals surface area contributed by atoms with E-state index in [1.807, 2.05) is 18.2 Å². The molecule has 0 spiro atoms. The van der Waals surface area contributed by atoms with Crippen LogP contribution >= 0.6 is 0 Å². The molecule has 2 aliphatic carbocycles. The third-order valence-corrected chi connectivity index (χ3v) is 5.21. The summed E-state index contributed by atoms with van der Waals surface area (Å²) in [6, 6.07) is 7.94. The van der Waals surface area contributed by atoms with Crippen molar-refractivity contribution in [1.29, 1.82) is 0 Å². The van der Waals surface area contributed by atoms with Crippen molar-refractivity contribution < 1.29 is 5.21 Å². The molecular weight excluding hydrogens is 262 g/mol. The van der Waals surface area contributed by atoms with Gasteiger partial charge in [0.25, 0.3) is 0 Å². The molecule has 3 unspecified atom stereocenters. The number of nitrogens with two attached hydrogens (primary N) is 1. The molecule has 0 radical (unpaired) electrons. The Morgan fingerprint density at radius 3 is 2.90 bits per heavy atom. The van der Waals surface area contributed by atoms with Gasteiger partial charge in [-0.25, -0.2) is 0 Å². The highest BCUT2D eigenvalue weighted by Gasteiger charge is 2.39. The molecule has 2 aliphatic rings. The van der Waals surface area contributed by atoms with Crippen LogP contribution in [0.15, 0.2) is 29.4 Å². The maximum atomic E-state index is 8.76. The zero-order valence-corrected chi connectivity index (χ0v) is 12.7. The number of benzene rings is 1. The van der Waals surface area contributed by atoms with Gasteiger partial charge in [-0.3, -0.25) is 0 Å². The third kappa shape index (κ3) is 3.21. The summed E-state index contributed by atoms with van der Waals surface area (Å²) in [4.78, 5) is 2.41. The predicted molar refractivity (Wildman–Crippen MR) is 84.2 cm³/mol. The van der Waals surface area contributed by atoms with Crippen molar-refractivity contribution in [1.82, 2.24) is 4.90 Å². The SMILES string of the molecule is CN(Cc1cccc(C(N)=NO)c1)CC1CC2CCC1C2. The first-order chi connectivity index (χ1) is 10.2. The lowest BCUT2D eigenvalue weighted by Crippen LogP contribution is -2.28. The van der Waals surface area contributed by atoms with Crippen molar-refractivity contribution in [3.63, 3.8) is 0 Å². The molecule has 0 aliphatic heterocycles. The van der Waals surface area contributed by atoms with Crippen LogP contribution in [0.1, 0.15) is 36.8 Å². The van der Waals surface area contributed by atoms with Gasteiger partial charge >= 0.3 is 0 Å². The Labute approximate surface area is 126 Å². The second kappa shape index (κ2) is 6.06. The summed E-state index contributed by atoms with van der Waals surface area (Å²) in [6.07, 6.45) is 5.81. The van der Waals surface area contributed by atoms with E-state index in [1.165, 1.54) is 37.8 Å². The summed E-state index contributed by atoms with van der Waals surface area (Å²) in [6.45, 7) is 2.11. The first-order valence-electron chi connectivity index (χ1n) is 7.91. The smallest absolute Gasteiger partial charge is 0.170 e. The van der Waals surface area contributed by atoms with Crippen LogP contribution in [0.25, 0.3) is 0 Å². The summed E-state index contributed by atoms with van der Waals surface area (Å²) >= 11 is 0. The van der Waals surface area contributed by atoms with Crippen LogP contribution in [0.3, 0.4) is 0 Å². The maximum Gasteiger partial charge on any atom is 0.170 e. The molecular formula is C17H25N3O. The molecule has 21 heavy (non-hydrogen) atoms. The Morgan fingerprint density at radius 1 is 1.38 bits per heavy atom. The number of fused-ring (bicyclic) bond motifs is 2. The van der Waals surface area contributed by atoms with Crippen molar-refractivity contribution in [2.75, 3.05) is 13.6 Å². The fourth-order valence-electron chi connectivity index (χ4n) is 4.26. The molecule has 0 amide bonds. The van der Waals surface area contributed by atoms with Crippen molar-refractivity contribution in [2.45, 2.75) is 32.2 Å². The minimum absolute atomic E-state index is 0.174. The zero-order chi connectivity index (χ0) is 14.8. The fourth-order valence-corrected chi connectivity index (χ4v) is 4.26. The van der Waals surface area contributed by atoms with Gasteiger partial charge in [0.05, 0.1) is 0 Å². The molecule has 1 aromatic carbocycles. The summed E-state index contributed by atoms with van der Waals surface area (Å²) in [5.74, 6) is 3.05. The largest absolute Gasteiger partial charge is 0.409 e. The Kier molecular flexibility index (Phi) is 4.15. The van der Waals surface area contributed by atoms with Crippen LogP contribution in [-0.4, -0.2) is 29.5 Å². The van der Waals surface area contributed by atoms with Crippen LogP contribution in [0.2, 0.25) is 0 Å². The fraction of sp³-hybridized carbons (Fsp3) is 0.588. The van der Waals surface area contributed by atoms with Crippen LogP contribution in [0.4, 0.5) is 0 Å². The number of nitrogens with zero attached hydrogens (tertiary/aromatic N) is 2. The average molecular weight is 287 g/mol. The van der Waals surface area contributed by atoms with Gasteiger partial charge in [-0.15, -0.1) is 0 Å². The van der Waals surface area contributed by atoms with Gasteiger partial charge in [-0.1, -0.05) is 29.8 Å². The van der Waals surface area contributed by atoms with E-state index in [-0.39, 0.29) is 5.84 Å². The lowest BCUT2D eigenvalue weighted by Gasteiger charge is -2.27. The van der Waals surface area contributed by atoms with Gasteiger partial charge in [0.2, 0.25) is 0 Å². The summed E-state index contributed by atoms with van der Waals surface area (Å²) in [5.41, 5.74) is 7.65. The monoisotopic (exact) mass is 287 g/mol. The van der Waals surface area contributed by atoms with E-state index in [9.17, 15) is 0 Å². The second-order valence-electron chi connectivity index (χ2n) is 6.82. The Balaban J connectivity index is 1.58. The van der Waals surface area contributed by atoms with E-state index in [0.29, 0.717) is 0 Å². The van der Waals surface area contributed by atoms with Crippen molar-refractivity contribution >= 4 is 5.84 Å². The van der Waals surface area contributed by atoms with E-state index >= 15 is 0 Å². The lowest BCUT2D eigenvalue weighted by molar-refractivity contribution is 0.214. The third-order valence-electron chi connectivity index (χ3n) is 5.21. The number of rotatable bonds is 5. The molecule has 3 N–H and O–H groups in total. The van der Waals surface area contributed by atoms with Crippen LogP contribution in [0.5, 0.6) is 0 Å². The molecule has 1 aromatic rings. The molecule has 4 nitrogen and oxygen atoms in total.